The van der Waals surface area contributed by atoms with Gasteiger partial charge in [-0.15, -0.1) is 11.3 Å². The van der Waals surface area contributed by atoms with Crippen LogP contribution in [-0.2, 0) is 0 Å². The maximum absolute atomic E-state index is 12.5. The Morgan fingerprint density at radius 2 is 2.22 bits per heavy atom. The Hall–Kier alpha value is -1.14. The molecule has 0 fully saturated rings. The van der Waals surface area contributed by atoms with Crippen LogP contribution in [0.4, 0.5) is 0 Å². The van der Waals surface area contributed by atoms with E-state index in [0.29, 0.717) is 16.3 Å². The average molecular weight is 329 g/mol. The summed E-state index contributed by atoms with van der Waals surface area (Å²) in [6, 6.07) is 3.77. The Bertz CT molecular complexity index is 574. The van der Waals surface area contributed by atoms with Crippen molar-refractivity contribution >= 4 is 33.0 Å². The van der Waals surface area contributed by atoms with Gasteiger partial charge in [-0.05, 0) is 41.9 Å². The molecule has 2 heterocycles. The molecule has 2 aromatic rings. The summed E-state index contributed by atoms with van der Waals surface area (Å²) in [6.45, 7) is 3.96. The molecule has 0 aromatic carbocycles. The molecule has 2 aromatic heterocycles. The molecule has 0 radical (unpaired) electrons. The van der Waals surface area contributed by atoms with Crippen molar-refractivity contribution in [3.8, 4) is 5.75 Å². The highest BCUT2D eigenvalue weighted by atomic mass is 79.9. The van der Waals surface area contributed by atoms with Crippen molar-refractivity contribution in [2.45, 2.75) is 19.9 Å². The van der Waals surface area contributed by atoms with E-state index in [1.807, 2.05) is 19.9 Å². The molecule has 0 amide bonds. The number of ether oxygens (including phenoxy) is 1. The first-order chi connectivity index (χ1) is 8.54. The summed E-state index contributed by atoms with van der Waals surface area (Å²) in [5.41, 5.74) is 0.502. The Balaban J connectivity index is 2.49. The molecule has 18 heavy (non-hydrogen) atoms. The highest BCUT2D eigenvalue weighted by Gasteiger charge is 2.23. The normalized spacial score (nSPS) is 10.9. The van der Waals surface area contributed by atoms with Gasteiger partial charge in [0.1, 0.15) is 0 Å². The van der Waals surface area contributed by atoms with Gasteiger partial charge in [0.05, 0.1) is 22.0 Å². The van der Waals surface area contributed by atoms with Gasteiger partial charge in [-0.2, -0.15) is 5.10 Å². The number of rotatable bonds is 4. The van der Waals surface area contributed by atoms with Gasteiger partial charge in [-0.3, -0.25) is 9.48 Å². The standard InChI is InChI=1S/C12H13BrN2O2S/c1-7(2)15-11(8(17-3)6-14-15)12(16)9-4-5-10(13)18-9/h4-7H,1-3H3. The molecule has 0 aliphatic heterocycles. The van der Waals surface area contributed by atoms with Crippen LogP contribution in [0.3, 0.4) is 0 Å². The molecule has 0 N–H and O–H groups in total. The molecule has 96 valence electrons. The lowest BCUT2D eigenvalue weighted by Gasteiger charge is -2.10. The van der Waals surface area contributed by atoms with Crippen molar-refractivity contribution < 1.29 is 9.53 Å². The fraction of sp³-hybridized carbons (Fsp3) is 0.333. The van der Waals surface area contributed by atoms with Gasteiger partial charge in [-0.25, -0.2) is 0 Å². The molecule has 0 aliphatic rings. The molecule has 0 spiro atoms. The van der Waals surface area contributed by atoms with E-state index in [0.717, 1.165) is 3.79 Å². The lowest BCUT2D eigenvalue weighted by molar-refractivity contribution is 0.102. The number of carbonyl (C=O) groups excluding carboxylic acids is 1. The Kier molecular flexibility index (Phi) is 3.87. The van der Waals surface area contributed by atoms with Crippen LogP contribution in [0, 0.1) is 0 Å². The maximum Gasteiger partial charge on any atom is 0.224 e. The number of ketones is 1. The third-order valence-corrected chi connectivity index (χ3v) is 4.11. The lowest BCUT2D eigenvalue weighted by Crippen LogP contribution is -2.13. The van der Waals surface area contributed by atoms with Gasteiger partial charge in [0.25, 0.3) is 0 Å². The van der Waals surface area contributed by atoms with E-state index in [1.54, 1.807) is 24.1 Å². The van der Waals surface area contributed by atoms with E-state index in [9.17, 15) is 4.79 Å². The number of carbonyl (C=O) groups is 1. The summed E-state index contributed by atoms with van der Waals surface area (Å²) >= 11 is 4.76. The first-order valence-electron chi connectivity index (χ1n) is 5.46. The summed E-state index contributed by atoms with van der Waals surface area (Å²) in [5, 5.41) is 4.20. The van der Waals surface area contributed by atoms with E-state index in [-0.39, 0.29) is 11.8 Å². The van der Waals surface area contributed by atoms with Gasteiger partial charge in [-0.1, -0.05) is 0 Å². The first-order valence-corrected chi connectivity index (χ1v) is 7.07. The summed E-state index contributed by atoms with van der Waals surface area (Å²) in [6.07, 6.45) is 1.58. The maximum atomic E-state index is 12.5. The molecule has 0 aliphatic carbocycles. The van der Waals surface area contributed by atoms with E-state index < -0.39 is 0 Å². The smallest absolute Gasteiger partial charge is 0.224 e. The highest BCUT2D eigenvalue weighted by Crippen LogP contribution is 2.29. The van der Waals surface area contributed by atoms with Crippen LogP contribution >= 0.6 is 27.3 Å². The molecule has 0 saturated carbocycles. The summed E-state index contributed by atoms with van der Waals surface area (Å²) in [7, 11) is 1.54. The van der Waals surface area contributed by atoms with Crippen molar-refractivity contribution in [1.82, 2.24) is 9.78 Å². The third-order valence-electron chi connectivity index (χ3n) is 2.48. The number of halogens is 1. The second kappa shape index (κ2) is 5.24. The predicted molar refractivity (Wildman–Crippen MR) is 74.6 cm³/mol. The summed E-state index contributed by atoms with van der Waals surface area (Å²) in [5.74, 6) is 0.451. The van der Waals surface area contributed by atoms with Gasteiger partial charge >= 0.3 is 0 Å². The zero-order valence-electron chi connectivity index (χ0n) is 10.3. The number of aromatic nitrogens is 2. The second-order valence-electron chi connectivity index (χ2n) is 4.03. The molecular weight excluding hydrogens is 316 g/mol. The zero-order chi connectivity index (χ0) is 13.3. The largest absolute Gasteiger partial charge is 0.493 e. The van der Waals surface area contributed by atoms with Crippen molar-refractivity contribution in [2.24, 2.45) is 0 Å². The van der Waals surface area contributed by atoms with Gasteiger partial charge in [0, 0.05) is 6.04 Å². The molecule has 4 nitrogen and oxygen atoms in total. The quantitative estimate of drug-likeness (QED) is 0.806. The summed E-state index contributed by atoms with van der Waals surface area (Å²) in [4.78, 5) is 13.1. The van der Waals surface area contributed by atoms with Crippen LogP contribution in [0.2, 0.25) is 0 Å². The van der Waals surface area contributed by atoms with Crippen LogP contribution in [0.5, 0.6) is 5.75 Å². The fourth-order valence-corrected chi connectivity index (χ4v) is 2.98. The topological polar surface area (TPSA) is 44.1 Å². The molecular formula is C12H13BrN2O2S. The van der Waals surface area contributed by atoms with Crippen molar-refractivity contribution in [3.05, 3.63) is 32.7 Å². The second-order valence-corrected chi connectivity index (χ2v) is 6.50. The van der Waals surface area contributed by atoms with Gasteiger partial charge in [0.2, 0.25) is 5.78 Å². The first kappa shape index (κ1) is 13.3. The van der Waals surface area contributed by atoms with Gasteiger partial charge < -0.3 is 4.74 Å². The van der Waals surface area contributed by atoms with Gasteiger partial charge in [0.15, 0.2) is 11.4 Å². The van der Waals surface area contributed by atoms with Crippen LogP contribution in [0.1, 0.15) is 35.3 Å². The van der Waals surface area contributed by atoms with E-state index >= 15 is 0 Å². The van der Waals surface area contributed by atoms with Crippen LogP contribution in [0.15, 0.2) is 22.1 Å². The zero-order valence-corrected chi connectivity index (χ0v) is 12.7. The molecule has 2 rings (SSSR count). The van der Waals surface area contributed by atoms with E-state index in [2.05, 4.69) is 21.0 Å². The predicted octanol–water partition coefficient (Wildman–Crippen LogP) is 3.53. The van der Waals surface area contributed by atoms with Crippen molar-refractivity contribution in [3.63, 3.8) is 0 Å². The minimum atomic E-state index is -0.0613. The minimum Gasteiger partial charge on any atom is -0.493 e. The Morgan fingerprint density at radius 3 is 2.72 bits per heavy atom. The Labute approximate surface area is 118 Å². The fourth-order valence-electron chi connectivity index (χ4n) is 1.66. The Morgan fingerprint density at radius 1 is 1.50 bits per heavy atom. The monoisotopic (exact) mass is 328 g/mol. The number of nitrogens with zero attached hydrogens (tertiary/aromatic N) is 2. The molecule has 0 atom stereocenters. The number of hydrogen-bond donors (Lipinski definition) is 0. The molecule has 0 unspecified atom stereocenters. The van der Waals surface area contributed by atoms with Crippen LogP contribution < -0.4 is 4.74 Å². The van der Waals surface area contributed by atoms with Crippen molar-refractivity contribution in [1.29, 1.82) is 0 Å². The molecule has 0 bridgehead atoms. The number of methoxy groups -OCH3 is 1. The molecule has 6 heteroatoms. The van der Waals surface area contributed by atoms with Crippen LogP contribution in [0.25, 0.3) is 0 Å². The average Bonchev–Trinajstić information content (AvgIpc) is 2.93. The third kappa shape index (κ3) is 2.35. The number of hydrogen-bond acceptors (Lipinski definition) is 4. The highest BCUT2D eigenvalue weighted by molar-refractivity contribution is 9.11. The van der Waals surface area contributed by atoms with E-state index in [4.69, 9.17) is 4.74 Å². The molecule has 0 saturated heterocycles. The minimum absolute atomic E-state index is 0.0613. The lowest BCUT2D eigenvalue weighted by atomic mass is 10.2. The number of thiophene rings is 1. The van der Waals surface area contributed by atoms with Crippen molar-refractivity contribution in [2.75, 3.05) is 7.11 Å². The summed E-state index contributed by atoms with van der Waals surface area (Å²) < 4.78 is 7.83. The SMILES string of the molecule is COc1cnn(C(C)C)c1C(=O)c1ccc(Br)s1. The van der Waals surface area contributed by atoms with E-state index in [1.165, 1.54) is 11.3 Å². The van der Waals surface area contributed by atoms with Crippen LogP contribution in [-0.4, -0.2) is 22.7 Å².